The van der Waals surface area contributed by atoms with Crippen LogP contribution in [0.3, 0.4) is 0 Å². The molecule has 1 heterocycles. The first kappa shape index (κ1) is 13.5. The minimum Gasteiger partial charge on any atom is -0.354 e. The van der Waals surface area contributed by atoms with Gasteiger partial charge in [0, 0.05) is 12.2 Å². The average molecular weight is 278 g/mol. The molecule has 0 saturated carbocycles. The van der Waals surface area contributed by atoms with Gasteiger partial charge >= 0.3 is 0 Å². The van der Waals surface area contributed by atoms with Crippen LogP contribution in [0.5, 0.6) is 0 Å². The first-order valence-corrected chi connectivity index (χ1v) is 6.46. The van der Waals surface area contributed by atoms with E-state index < -0.39 is 0 Å². The highest BCUT2D eigenvalue weighted by Crippen LogP contribution is 2.18. The molecule has 0 atom stereocenters. The van der Waals surface area contributed by atoms with Crippen LogP contribution >= 0.6 is 11.6 Å². The number of aromatic nitrogens is 3. The summed E-state index contributed by atoms with van der Waals surface area (Å²) >= 11 is 5.87. The summed E-state index contributed by atoms with van der Waals surface area (Å²) in [4.78, 5) is 12.3. The maximum Gasteiger partial charge on any atom is 0.233 e. The highest BCUT2D eigenvalue weighted by atomic mass is 35.5. The minimum absolute atomic E-state index is 0.164. The average Bonchev–Trinajstić information content (AvgIpc) is 2.33. The number of hydrogen-bond donors (Lipinski definition) is 2. The van der Waals surface area contributed by atoms with Crippen molar-refractivity contribution in [1.82, 2.24) is 15.0 Å². The lowest BCUT2D eigenvalue weighted by atomic mass is 10.1. The fourth-order valence-corrected chi connectivity index (χ4v) is 1.75. The van der Waals surface area contributed by atoms with Crippen LogP contribution in [-0.4, -0.2) is 21.5 Å². The number of aryl methyl sites for hydroxylation is 2. The summed E-state index contributed by atoms with van der Waals surface area (Å²) in [6.07, 6.45) is 0. The molecule has 2 rings (SSSR count). The largest absolute Gasteiger partial charge is 0.354 e. The second-order valence-corrected chi connectivity index (χ2v) is 4.54. The Morgan fingerprint density at radius 3 is 2.47 bits per heavy atom. The topological polar surface area (TPSA) is 62.7 Å². The van der Waals surface area contributed by atoms with Gasteiger partial charge in [-0.15, -0.1) is 0 Å². The summed E-state index contributed by atoms with van der Waals surface area (Å²) in [6, 6.07) is 6.07. The van der Waals surface area contributed by atoms with Crippen LogP contribution in [0, 0.1) is 13.8 Å². The van der Waals surface area contributed by atoms with Gasteiger partial charge in [0.05, 0.1) is 0 Å². The number of halogens is 1. The van der Waals surface area contributed by atoms with Crippen molar-refractivity contribution >= 4 is 29.2 Å². The van der Waals surface area contributed by atoms with Crippen LogP contribution < -0.4 is 10.6 Å². The van der Waals surface area contributed by atoms with Gasteiger partial charge in [0.25, 0.3) is 0 Å². The van der Waals surface area contributed by atoms with Crippen molar-refractivity contribution in [3.63, 3.8) is 0 Å². The first-order valence-electron chi connectivity index (χ1n) is 6.08. The maximum absolute atomic E-state index is 5.87. The maximum atomic E-state index is 5.87. The molecule has 0 fully saturated rings. The summed E-state index contributed by atoms with van der Waals surface area (Å²) in [5.41, 5.74) is 3.37. The third kappa shape index (κ3) is 3.54. The molecule has 1 aromatic heterocycles. The molecule has 0 spiro atoms. The van der Waals surface area contributed by atoms with E-state index in [4.69, 9.17) is 11.6 Å². The molecular formula is C13H16ClN5. The molecule has 2 N–H and O–H groups in total. The molecular weight excluding hydrogens is 262 g/mol. The monoisotopic (exact) mass is 277 g/mol. The third-order valence-corrected chi connectivity index (χ3v) is 2.88. The molecule has 0 bridgehead atoms. The van der Waals surface area contributed by atoms with Crippen molar-refractivity contribution in [2.24, 2.45) is 0 Å². The van der Waals surface area contributed by atoms with E-state index in [-0.39, 0.29) is 5.28 Å². The summed E-state index contributed by atoms with van der Waals surface area (Å²) < 4.78 is 0. The summed E-state index contributed by atoms with van der Waals surface area (Å²) in [6.45, 7) is 6.82. The van der Waals surface area contributed by atoms with Gasteiger partial charge in [0.15, 0.2) is 0 Å². The summed E-state index contributed by atoms with van der Waals surface area (Å²) in [7, 11) is 0. The number of anilines is 3. The fourth-order valence-electron chi connectivity index (χ4n) is 1.59. The predicted octanol–water partition coefficient (Wildman–Crippen LogP) is 3.32. The van der Waals surface area contributed by atoms with Crippen LogP contribution in [0.1, 0.15) is 18.1 Å². The van der Waals surface area contributed by atoms with E-state index in [1.165, 1.54) is 11.1 Å². The molecule has 100 valence electrons. The lowest BCUT2D eigenvalue weighted by molar-refractivity contribution is 1.02. The van der Waals surface area contributed by atoms with Crippen LogP contribution in [-0.2, 0) is 0 Å². The second-order valence-electron chi connectivity index (χ2n) is 4.21. The van der Waals surface area contributed by atoms with E-state index >= 15 is 0 Å². The number of rotatable bonds is 4. The molecule has 5 nitrogen and oxygen atoms in total. The van der Waals surface area contributed by atoms with Gasteiger partial charge in [0.2, 0.25) is 17.2 Å². The lowest BCUT2D eigenvalue weighted by Gasteiger charge is -2.09. The summed E-state index contributed by atoms with van der Waals surface area (Å²) in [5, 5.41) is 6.30. The fraction of sp³-hybridized carbons (Fsp3) is 0.308. The molecule has 6 heteroatoms. The van der Waals surface area contributed by atoms with Gasteiger partial charge in [-0.05, 0) is 55.6 Å². The van der Waals surface area contributed by atoms with Crippen LogP contribution in [0.4, 0.5) is 17.6 Å². The van der Waals surface area contributed by atoms with E-state index in [1.807, 2.05) is 25.1 Å². The Kier molecular flexibility index (Phi) is 4.16. The molecule has 1 aromatic carbocycles. The van der Waals surface area contributed by atoms with Gasteiger partial charge in [-0.2, -0.15) is 15.0 Å². The Bertz CT molecular complexity index is 585. The Labute approximate surface area is 117 Å². The second kappa shape index (κ2) is 5.84. The van der Waals surface area contributed by atoms with Crippen molar-refractivity contribution in [2.75, 3.05) is 17.2 Å². The molecule has 0 aliphatic carbocycles. The van der Waals surface area contributed by atoms with Crippen molar-refractivity contribution in [2.45, 2.75) is 20.8 Å². The molecule has 0 aliphatic heterocycles. The molecule has 0 radical (unpaired) electrons. The van der Waals surface area contributed by atoms with Gasteiger partial charge < -0.3 is 10.6 Å². The Morgan fingerprint density at radius 2 is 1.79 bits per heavy atom. The highest BCUT2D eigenvalue weighted by molar-refractivity contribution is 6.28. The first-order chi connectivity index (χ1) is 9.08. The predicted molar refractivity (Wildman–Crippen MR) is 78.2 cm³/mol. The van der Waals surface area contributed by atoms with Gasteiger partial charge in [0.1, 0.15) is 0 Å². The summed E-state index contributed by atoms with van der Waals surface area (Å²) in [5.74, 6) is 0.896. The minimum atomic E-state index is 0.164. The van der Waals surface area contributed by atoms with E-state index in [9.17, 15) is 0 Å². The van der Waals surface area contributed by atoms with Gasteiger partial charge in [-0.3, -0.25) is 0 Å². The smallest absolute Gasteiger partial charge is 0.233 e. The van der Waals surface area contributed by atoms with Gasteiger partial charge in [-0.1, -0.05) is 6.07 Å². The standard InChI is InChI=1S/C13H16ClN5/c1-4-15-12-17-11(14)18-13(19-12)16-10-6-5-8(2)9(3)7-10/h5-7H,4H2,1-3H3,(H2,15,16,17,18,19). The Balaban J connectivity index is 2.24. The number of hydrogen-bond acceptors (Lipinski definition) is 5. The normalized spacial score (nSPS) is 10.3. The van der Waals surface area contributed by atoms with Crippen LogP contribution in [0.15, 0.2) is 18.2 Å². The zero-order valence-electron chi connectivity index (χ0n) is 11.2. The van der Waals surface area contributed by atoms with E-state index in [2.05, 4.69) is 39.4 Å². The van der Waals surface area contributed by atoms with Gasteiger partial charge in [-0.25, -0.2) is 0 Å². The third-order valence-electron chi connectivity index (χ3n) is 2.71. The quantitative estimate of drug-likeness (QED) is 0.898. The van der Waals surface area contributed by atoms with Crippen LogP contribution in [0.2, 0.25) is 5.28 Å². The van der Waals surface area contributed by atoms with E-state index in [0.717, 1.165) is 12.2 Å². The molecule has 0 aliphatic rings. The van der Waals surface area contributed by atoms with Crippen molar-refractivity contribution in [3.05, 3.63) is 34.6 Å². The SMILES string of the molecule is CCNc1nc(Cl)nc(Nc2ccc(C)c(C)c2)n1. The van der Waals surface area contributed by atoms with E-state index in [0.29, 0.717) is 11.9 Å². The molecule has 0 saturated heterocycles. The number of benzene rings is 1. The number of nitrogens with one attached hydrogen (secondary N) is 2. The highest BCUT2D eigenvalue weighted by Gasteiger charge is 2.05. The van der Waals surface area contributed by atoms with Crippen molar-refractivity contribution in [3.8, 4) is 0 Å². The molecule has 19 heavy (non-hydrogen) atoms. The van der Waals surface area contributed by atoms with Crippen molar-refractivity contribution < 1.29 is 0 Å². The molecule has 0 unspecified atom stereocenters. The zero-order chi connectivity index (χ0) is 13.8. The molecule has 2 aromatic rings. The van der Waals surface area contributed by atoms with Crippen LogP contribution in [0.25, 0.3) is 0 Å². The lowest BCUT2D eigenvalue weighted by Crippen LogP contribution is -2.06. The Hall–Kier alpha value is -1.88. The van der Waals surface area contributed by atoms with Crippen molar-refractivity contribution in [1.29, 1.82) is 0 Å². The zero-order valence-corrected chi connectivity index (χ0v) is 11.9. The molecule has 0 amide bonds. The van der Waals surface area contributed by atoms with E-state index in [1.54, 1.807) is 0 Å². The Morgan fingerprint density at radius 1 is 1.05 bits per heavy atom. The number of nitrogens with zero attached hydrogens (tertiary/aromatic N) is 3.